The standard InChI is InChI=1S/C14H13F2NOS/c1-9-2-3-13(17)14(4-9)19(18)8-10-5-11(15)7-12(16)6-10/h2-7H,8,17H2,1H3. The lowest BCUT2D eigenvalue weighted by molar-refractivity contribution is 0.581. The number of hydrogen-bond donors (Lipinski definition) is 1. The van der Waals surface area contributed by atoms with Crippen LogP contribution in [-0.4, -0.2) is 4.21 Å². The molecule has 0 saturated carbocycles. The van der Waals surface area contributed by atoms with Gasteiger partial charge in [-0.15, -0.1) is 0 Å². The molecule has 0 aromatic heterocycles. The van der Waals surface area contributed by atoms with Crippen molar-refractivity contribution in [3.05, 3.63) is 59.2 Å². The highest BCUT2D eigenvalue weighted by atomic mass is 32.2. The first-order chi connectivity index (χ1) is 8.95. The van der Waals surface area contributed by atoms with Crippen LogP contribution in [0.3, 0.4) is 0 Å². The van der Waals surface area contributed by atoms with Gasteiger partial charge < -0.3 is 5.73 Å². The van der Waals surface area contributed by atoms with E-state index in [4.69, 9.17) is 5.73 Å². The maximum Gasteiger partial charge on any atom is 0.126 e. The Labute approximate surface area is 112 Å². The molecule has 2 nitrogen and oxygen atoms in total. The summed E-state index contributed by atoms with van der Waals surface area (Å²) in [6, 6.07) is 8.35. The maximum atomic E-state index is 13.1. The minimum atomic E-state index is -1.43. The van der Waals surface area contributed by atoms with Gasteiger partial charge in [-0.3, -0.25) is 4.21 Å². The highest BCUT2D eigenvalue weighted by Crippen LogP contribution is 2.21. The summed E-state index contributed by atoms with van der Waals surface area (Å²) in [5.41, 5.74) is 7.46. The number of rotatable bonds is 3. The van der Waals surface area contributed by atoms with E-state index < -0.39 is 22.4 Å². The summed E-state index contributed by atoms with van der Waals surface area (Å²) in [7, 11) is -1.43. The summed E-state index contributed by atoms with van der Waals surface area (Å²) >= 11 is 0. The van der Waals surface area contributed by atoms with Gasteiger partial charge in [-0.25, -0.2) is 8.78 Å². The normalized spacial score (nSPS) is 12.4. The van der Waals surface area contributed by atoms with Crippen molar-refractivity contribution < 1.29 is 13.0 Å². The van der Waals surface area contributed by atoms with E-state index in [2.05, 4.69) is 0 Å². The van der Waals surface area contributed by atoms with E-state index in [0.29, 0.717) is 16.1 Å². The van der Waals surface area contributed by atoms with Gasteiger partial charge in [0.25, 0.3) is 0 Å². The van der Waals surface area contributed by atoms with E-state index in [-0.39, 0.29) is 5.75 Å². The fraction of sp³-hybridized carbons (Fsp3) is 0.143. The molecule has 1 unspecified atom stereocenters. The van der Waals surface area contributed by atoms with Gasteiger partial charge in [0.15, 0.2) is 0 Å². The Morgan fingerprint density at radius 1 is 1.11 bits per heavy atom. The van der Waals surface area contributed by atoms with Crippen molar-refractivity contribution in [1.29, 1.82) is 0 Å². The molecule has 0 radical (unpaired) electrons. The number of nitrogen functional groups attached to an aromatic ring is 1. The van der Waals surface area contributed by atoms with Crippen LogP contribution in [0, 0.1) is 18.6 Å². The SMILES string of the molecule is Cc1ccc(N)c(S(=O)Cc2cc(F)cc(F)c2)c1. The van der Waals surface area contributed by atoms with Crippen LogP contribution in [0.15, 0.2) is 41.3 Å². The van der Waals surface area contributed by atoms with E-state index in [1.807, 2.05) is 13.0 Å². The minimum absolute atomic E-state index is 0.0301. The molecule has 0 saturated heterocycles. The fourth-order valence-corrected chi connectivity index (χ4v) is 3.04. The molecule has 2 N–H and O–H groups in total. The Morgan fingerprint density at radius 2 is 1.74 bits per heavy atom. The number of halogens is 2. The first kappa shape index (κ1) is 13.7. The Hall–Kier alpha value is -1.75. The average molecular weight is 281 g/mol. The topological polar surface area (TPSA) is 43.1 Å². The Bertz CT molecular complexity index is 623. The molecule has 1 atom stereocenters. The molecule has 2 rings (SSSR count). The molecule has 0 bridgehead atoms. The van der Waals surface area contributed by atoms with Crippen LogP contribution in [0.1, 0.15) is 11.1 Å². The zero-order valence-corrected chi connectivity index (χ0v) is 11.1. The molecule has 100 valence electrons. The van der Waals surface area contributed by atoms with Gasteiger partial charge in [0.1, 0.15) is 11.6 Å². The lowest BCUT2D eigenvalue weighted by Crippen LogP contribution is -2.02. The smallest absolute Gasteiger partial charge is 0.126 e. The predicted molar refractivity (Wildman–Crippen MR) is 72.1 cm³/mol. The first-order valence-corrected chi connectivity index (χ1v) is 6.97. The van der Waals surface area contributed by atoms with Crippen LogP contribution >= 0.6 is 0 Å². The van der Waals surface area contributed by atoms with Crippen LogP contribution in [0.4, 0.5) is 14.5 Å². The van der Waals surface area contributed by atoms with E-state index >= 15 is 0 Å². The summed E-state index contributed by atoms with van der Waals surface area (Å²) < 4.78 is 38.3. The quantitative estimate of drug-likeness (QED) is 0.878. The Morgan fingerprint density at radius 3 is 2.37 bits per heavy atom. The zero-order valence-electron chi connectivity index (χ0n) is 10.3. The van der Waals surface area contributed by atoms with Crippen molar-refractivity contribution in [3.8, 4) is 0 Å². The highest BCUT2D eigenvalue weighted by Gasteiger charge is 2.11. The second-order valence-corrected chi connectivity index (χ2v) is 5.73. The summed E-state index contributed by atoms with van der Waals surface area (Å²) in [4.78, 5) is 0.490. The van der Waals surface area contributed by atoms with Crippen molar-refractivity contribution in [2.75, 3.05) is 5.73 Å². The second-order valence-electron chi connectivity index (χ2n) is 4.31. The van der Waals surface area contributed by atoms with Crippen molar-refractivity contribution in [2.45, 2.75) is 17.6 Å². The van der Waals surface area contributed by atoms with Crippen molar-refractivity contribution in [1.82, 2.24) is 0 Å². The van der Waals surface area contributed by atoms with Crippen molar-refractivity contribution in [2.24, 2.45) is 0 Å². The third-order valence-corrected chi connectivity index (χ3v) is 4.07. The Balaban J connectivity index is 2.28. The zero-order chi connectivity index (χ0) is 14.0. The Kier molecular flexibility index (Phi) is 3.95. The third kappa shape index (κ3) is 3.38. The molecule has 0 fully saturated rings. The third-order valence-electron chi connectivity index (χ3n) is 2.63. The van der Waals surface area contributed by atoms with Gasteiger partial charge >= 0.3 is 0 Å². The van der Waals surface area contributed by atoms with Crippen molar-refractivity contribution in [3.63, 3.8) is 0 Å². The van der Waals surface area contributed by atoms with E-state index in [1.165, 1.54) is 12.1 Å². The second kappa shape index (κ2) is 5.48. The fourth-order valence-electron chi connectivity index (χ4n) is 1.76. The number of anilines is 1. The maximum absolute atomic E-state index is 13.1. The molecule has 0 amide bonds. The molecular formula is C14H13F2NOS. The predicted octanol–water partition coefficient (Wildman–Crippen LogP) is 3.16. The lowest BCUT2D eigenvalue weighted by atomic mass is 10.2. The molecular weight excluding hydrogens is 268 g/mol. The van der Waals surface area contributed by atoms with Crippen LogP contribution in [0.5, 0.6) is 0 Å². The number of nitrogens with two attached hydrogens (primary N) is 1. The largest absolute Gasteiger partial charge is 0.398 e. The minimum Gasteiger partial charge on any atom is -0.398 e. The van der Waals surface area contributed by atoms with Gasteiger partial charge in [-0.05, 0) is 42.3 Å². The summed E-state index contributed by atoms with van der Waals surface area (Å²) in [5, 5.41) is 0. The number of aryl methyl sites for hydroxylation is 1. The summed E-state index contributed by atoms with van der Waals surface area (Å²) in [6.07, 6.45) is 0. The van der Waals surface area contributed by atoms with Gasteiger partial charge in [-0.1, -0.05) is 6.07 Å². The monoisotopic (exact) mass is 281 g/mol. The van der Waals surface area contributed by atoms with Crippen LogP contribution in [-0.2, 0) is 16.6 Å². The van der Waals surface area contributed by atoms with Gasteiger partial charge in [-0.2, -0.15) is 0 Å². The lowest BCUT2D eigenvalue weighted by Gasteiger charge is -2.07. The molecule has 19 heavy (non-hydrogen) atoms. The van der Waals surface area contributed by atoms with E-state index in [1.54, 1.807) is 12.1 Å². The molecule has 2 aromatic carbocycles. The average Bonchev–Trinajstić information content (AvgIpc) is 2.30. The first-order valence-electron chi connectivity index (χ1n) is 5.65. The van der Waals surface area contributed by atoms with E-state index in [0.717, 1.165) is 11.6 Å². The summed E-state index contributed by atoms with van der Waals surface area (Å²) in [6.45, 7) is 1.86. The molecule has 0 aliphatic rings. The van der Waals surface area contributed by atoms with Crippen molar-refractivity contribution >= 4 is 16.5 Å². The van der Waals surface area contributed by atoms with Gasteiger partial charge in [0, 0.05) is 11.8 Å². The molecule has 0 heterocycles. The molecule has 0 aliphatic carbocycles. The number of hydrogen-bond acceptors (Lipinski definition) is 2. The van der Waals surface area contributed by atoms with Crippen LogP contribution < -0.4 is 5.73 Å². The van der Waals surface area contributed by atoms with Gasteiger partial charge in [0.2, 0.25) is 0 Å². The molecule has 5 heteroatoms. The molecule has 0 aliphatic heterocycles. The van der Waals surface area contributed by atoms with Crippen LogP contribution in [0.2, 0.25) is 0 Å². The molecule has 2 aromatic rings. The molecule has 0 spiro atoms. The van der Waals surface area contributed by atoms with Crippen LogP contribution in [0.25, 0.3) is 0 Å². The number of benzene rings is 2. The van der Waals surface area contributed by atoms with E-state index in [9.17, 15) is 13.0 Å². The van der Waals surface area contributed by atoms with Gasteiger partial charge in [0.05, 0.1) is 21.4 Å². The summed E-state index contributed by atoms with van der Waals surface area (Å²) in [5.74, 6) is -1.32. The highest BCUT2D eigenvalue weighted by molar-refractivity contribution is 7.84.